The number of hydrogen-bond acceptors (Lipinski definition) is 6. The summed E-state index contributed by atoms with van der Waals surface area (Å²) in [6, 6.07) is 10.6. The summed E-state index contributed by atoms with van der Waals surface area (Å²) in [4.78, 5) is 24.3. The van der Waals surface area contributed by atoms with Gasteiger partial charge < -0.3 is 14.8 Å². The molecule has 1 amide bonds. The molecule has 2 aromatic carbocycles. The van der Waals surface area contributed by atoms with Gasteiger partial charge in [-0.1, -0.05) is 17.7 Å². The van der Waals surface area contributed by atoms with Crippen molar-refractivity contribution < 1.29 is 27.5 Å². The van der Waals surface area contributed by atoms with Crippen LogP contribution in [-0.4, -0.2) is 46.8 Å². The number of sulfonamides is 1. The Kier molecular flexibility index (Phi) is 7.46. The summed E-state index contributed by atoms with van der Waals surface area (Å²) in [6.45, 7) is 1.43. The Morgan fingerprint density at radius 3 is 2.48 bits per heavy atom. The highest BCUT2D eigenvalue weighted by Crippen LogP contribution is 2.30. The van der Waals surface area contributed by atoms with Gasteiger partial charge in [-0.15, -0.1) is 0 Å². The van der Waals surface area contributed by atoms with E-state index < -0.39 is 28.4 Å². The molecule has 0 aliphatic rings. The molecule has 0 spiro atoms. The molecule has 29 heavy (non-hydrogen) atoms. The minimum Gasteiger partial charge on any atom is -0.495 e. The van der Waals surface area contributed by atoms with Crippen molar-refractivity contribution in [3.05, 3.63) is 53.1 Å². The Labute approximate surface area is 174 Å². The number of nitrogens with zero attached hydrogens (tertiary/aromatic N) is 1. The molecule has 0 radical (unpaired) electrons. The highest BCUT2D eigenvalue weighted by Gasteiger charge is 2.22. The molecule has 0 heterocycles. The van der Waals surface area contributed by atoms with Crippen LogP contribution in [0.5, 0.6) is 5.75 Å². The van der Waals surface area contributed by atoms with Gasteiger partial charge in [0, 0.05) is 5.69 Å². The summed E-state index contributed by atoms with van der Waals surface area (Å²) >= 11 is 6.07. The number of halogens is 1. The molecule has 8 nitrogen and oxygen atoms in total. The number of hydrogen-bond donors (Lipinski definition) is 1. The number of benzene rings is 2. The molecule has 0 saturated carbocycles. The predicted octanol–water partition coefficient (Wildman–Crippen LogP) is 2.93. The van der Waals surface area contributed by atoms with Gasteiger partial charge in [0.25, 0.3) is 0 Å². The first kappa shape index (κ1) is 22.5. The fraction of sp³-hybridized carbons (Fsp3) is 0.263. The third-order valence-electron chi connectivity index (χ3n) is 3.77. The van der Waals surface area contributed by atoms with Gasteiger partial charge in [0.2, 0.25) is 15.9 Å². The zero-order valence-corrected chi connectivity index (χ0v) is 17.7. The van der Waals surface area contributed by atoms with Gasteiger partial charge in [-0.05, 0) is 43.3 Å². The van der Waals surface area contributed by atoms with Gasteiger partial charge in [0.15, 0.2) is 0 Å². The predicted molar refractivity (Wildman–Crippen MR) is 111 cm³/mol. The summed E-state index contributed by atoms with van der Waals surface area (Å²) in [5.41, 5.74) is 0.821. The number of nitrogens with one attached hydrogen (secondary N) is 1. The maximum Gasteiger partial charge on any atom is 0.338 e. The lowest BCUT2D eigenvalue weighted by Gasteiger charge is -2.22. The Morgan fingerprint density at radius 1 is 1.17 bits per heavy atom. The van der Waals surface area contributed by atoms with Crippen LogP contribution in [0, 0.1) is 0 Å². The van der Waals surface area contributed by atoms with Crippen molar-refractivity contribution >= 4 is 44.9 Å². The Hall–Kier alpha value is -2.78. The van der Waals surface area contributed by atoms with E-state index in [4.69, 9.17) is 21.1 Å². The van der Waals surface area contributed by atoms with Crippen LogP contribution in [0.15, 0.2) is 42.5 Å². The van der Waals surface area contributed by atoms with Crippen molar-refractivity contribution in [2.24, 2.45) is 0 Å². The molecule has 2 rings (SSSR count). The van der Waals surface area contributed by atoms with Crippen molar-refractivity contribution in [1.29, 1.82) is 0 Å². The third-order valence-corrected chi connectivity index (χ3v) is 5.20. The van der Waals surface area contributed by atoms with Crippen LogP contribution in [0.4, 0.5) is 11.4 Å². The number of carbonyl (C=O) groups excluding carboxylic acids is 2. The Bertz CT molecular complexity index is 1010. The number of amides is 1. The zero-order valence-electron chi connectivity index (χ0n) is 16.1. The number of carbonyl (C=O) groups is 2. The largest absolute Gasteiger partial charge is 0.495 e. The van der Waals surface area contributed by atoms with E-state index in [1.807, 2.05) is 0 Å². The number of methoxy groups -OCH3 is 1. The summed E-state index contributed by atoms with van der Waals surface area (Å²) in [5.74, 6) is -0.735. The highest BCUT2D eigenvalue weighted by molar-refractivity contribution is 7.92. The molecule has 1 N–H and O–H groups in total. The van der Waals surface area contributed by atoms with Gasteiger partial charge in [0.05, 0.1) is 36.2 Å². The molecular weight excluding hydrogens is 420 g/mol. The van der Waals surface area contributed by atoms with Crippen molar-refractivity contribution in [3.63, 3.8) is 0 Å². The van der Waals surface area contributed by atoms with Crippen LogP contribution in [-0.2, 0) is 19.6 Å². The third kappa shape index (κ3) is 6.10. The molecule has 0 saturated heterocycles. The van der Waals surface area contributed by atoms with Crippen molar-refractivity contribution in [1.82, 2.24) is 0 Å². The molecule has 0 atom stereocenters. The molecule has 2 aromatic rings. The normalized spacial score (nSPS) is 10.9. The topological polar surface area (TPSA) is 102 Å². The van der Waals surface area contributed by atoms with Gasteiger partial charge >= 0.3 is 5.97 Å². The van der Waals surface area contributed by atoms with Crippen molar-refractivity contribution in [2.75, 3.05) is 36.1 Å². The number of ether oxygens (including phenoxy) is 2. The lowest BCUT2D eigenvalue weighted by Crippen LogP contribution is -2.37. The second kappa shape index (κ2) is 9.62. The molecule has 0 bridgehead atoms. The molecule has 0 aliphatic heterocycles. The Balaban J connectivity index is 2.21. The zero-order chi connectivity index (χ0) is 21.6. The van der Waals surface area contributed by atoms with Crippen LogP contribution >= 0.6 is 11.6 Å². The van der Waals surface area contributed by atoms with E-state index in [2.05, 4.69) is 5.32 Å². The number of esters is 1. The fourth-order valence-electron chi connectivity index (χ4n) is 2.48. The molecule has 0 aliphatic carbocycles. The van der Waals surface area contributed by atoms with Crippen LogP contribution in [0.1, 0.15) is 17.3 Å². The van der Waals surface area contributed by atoms with E-state index in [9.17, 15) is 18.0 Å². The molecule has 0 fully saturated rings. The molecule has 10 heteroatoms. The standard InChI is InChI=1S/C19H21ClN2O6S/c1-4-28-19(24)13-6-5-7-14(10-13)21-18(23)12-22(29(3,25)26)15-8-9-17(27-2)16(20)11-15/h5-11H,4,12H2,1-3H3,(H,21,23). The van der Waals surface area contributed by atoms with Gasteiger partial charge in [0.1, 0.15) is 12.3 Å². The second-order valence-corrected chi connectivity index (χ2v) is 8.25. The average molecular weight is 441 g/mol. The monoisotopic (exact) mass is 440 g/mol. The van der Waals surface area contributed by atoms with Gasteiger partial charge in [-0.2, -0.15) is 0 Å². The molecule has 0 aromatic heterocycles. The van der Waals surface area contributed by atoms with Crippen molar-refractivity contribution in [3.8, 4) is 5.75 Å². The Morgan fingerprint density at radius 2 is 1.90 bits per heavy atom. The molecular formula is C19H21ClN2O6S. The second-order valence-electron chi connectivity index (χ2n) is 5.94. The highest BCUT2D eigenvalue weighted by atomic mass is 35.5. The van der Waals surface area contributed by atoms with E-state index in [0.717, 1.165) is 10.6 Å². The number of anilines is 2. The minimum atomic E-state index is -3.77. The van der Waals surface area contributed by atoms with Crippen LogP contribution in [0.3, 0.4) is 0 Å². The lowest BCUT2D eigenvalue weighted by atomic mass is 10.2. The van der Waals surface area contributed by atoms with E-state index >= 15 is 0 Å². The molecule has 156 valence electrons. The van der Waals surface area contributed by atoms with Gasteiger partial charge in [-0.3, -0.25) is 9.10 Å². The van der Waals surface area contributed by atoms with Crippen LogP contribution in [0.2, 0.25) is 5.02 Å². The van der Waals surface area contributed by atoms with Gasteiger partial charge in [-0.25, -0.2) is 13.2 Å². The van der Waals surface area contributed by atoms with Crippen molar-refractivity contribution in [2.45, 2.75) is 6.92 Å². The quantitative estimate of drug-likeness (QED) is 0.633. The maximum atomic E-state index is 12.5. The summed E-state index contributed by atoms with van der Waals surface area (Å²) in [7, 11) is -2.33. The van der Waals surface area contributed by atoms with Crippen LogP contribution in [0.25, 0.3) is 0 Å². The van der Waals surface area contributed by atoms with E-state index in [1.165, 1.54) is 31.4 Å². The fourth-order valence-corrected chi connectivity index (χ4v) is 3.58. The summed E-state index contributed by atoms with van der Waals surface area (Å²) in [5, 5.41) is 2.79. The van der Waals surface area contributed by atoms with E-state index in [-0.39, 0.29) is 22.9 Å². The first-order valence-corrected chi connectivity index (χ1v) is 10.8. The minimum absolute atomic E-state index is 0.209. The average Bonchev–Trinajstić information content (AvgIpc) is 2.65. The summed E-state index contributed by atoms with van der Waals surface area (Å²) < 4.78 is 35.3. The van der Waals surface area contributed by atoms with E-state index in [0.29, 0.717) is 11.4 Å². The first-order chi connectivity index (χ1) is 13.7. The smallest absolute Gasteiger partial charge is 0.338 e. The lowest BCUT2D eigenvalue weighted by molar-refractivity contribution is -0.114. The van der Waals surface area contributed by atoms with E-state index in [1.54, 1.807) is 25.1 Å². The summed E-state index contributed by atoms with van der Waals surface area (Å²) in [6.07, 6.45) is 0.986. The number of rotatable bonds is 8. The van der Waals surface area contributed by atoms with Crippen LogP contribution < -0.4 is 14.4 Å². The first-order valence-electron chi connectivity index (χ1n) is 8.54. The SMILES string of the molecule is CCOC(=O)c1cccc(NC(=O)CN(c2ccc(OC)c(Cl)c2)S(C)(=O)=O)c1. The maximum absolute atomic E-state index is 12.5. The molecule has 0 unspecified atom stereocenters.